The second-order valence-corrected chi connectivity index (χ2v) is 5.97. The Morgan fingerprint density at radius 1 is 0.857 bits per heavy atom. The summed E-state index contributed by atoms with van der Waals surface area (Å²) in [6, 6.07) is 17.5. The Morgan fingerprint density at radius 3 is 1.86 bits per heavy atom. The molecule has 1 unspecified atom stereocenters. The van der Waals surface area contributed by atoms with Gasteiger partial charge in [-0.3, -0.25) is 0 Å². The van der Waals surface area contributed by atoms with Crippen molar-refractivity contribution in [1.29, 1.82) is 0 Å². The number of hydrogen-bond donors (Lipinski definition) is 0. The summed E-state index contributed by atoms with van der Waals surface area (Å²) in [5.41, 5.74) is 5.68. The monoisotopic (exact) mass is 300 g/mol. The van der Waals surface area contributed by atoms with E-state index < -0.39 is 0 Å². The van der Waals surface area contributed by atoms with Crippen LogP contribution in [0.2, 0.25) is 0 Å². The van der Waals surface area contributed by atoms with Crippen molar-refractivity contribution in [2.75, 3.05) is 6.61 Å². The predicted octanol–water partition coefficient (Wildman–Crippen LogP) is 5.41. The fourth-order valence-corrected chi connectivity index (χ4v) is 3.13. The van der Waals surface area contributed by atoms with Crippen LogP contribution in [-0.4, -0.2) is 6.61 Å². The third kappa shape index (κ3) is 4.40. The van der Waals surface area contributed by atoms with Crippen molar-refractivity contribution in [3.8, 4) is 0 Å². The lowest BCUT2D eigenvalue weighted by Crippen LogP contribution is -2.05. The van der Waals surface area contributed by atoms with Crippen LogP contribution >= 0.6 is 9.47 Å². The summed E-state index contributed by atoms with van der Waals surface area (Å²) in [4.78, 5) is 0. The van der Waals surface area contributed by atoms with Crippen LogP contribution in [0.4, 0.5) is 0 Å². The fourth-order valence-electron chi connectivity index (χ4n) is 2.97. The van der Waals surface area contributed by atoms with Crippen molar-refractivity contribution in [1.82, 2.24) is 0 Å². The van der Waals surface area contributed by atoms with E-state index in [0.717, 1.165) is 13.0 Å². The Labute approximate surface area is 131 Å². The highest BCUT2D eigenvalue weighted by molar-refractivity contribution is 7.09. The van der Waals surface area contributed by atoms with Crippen LogP contribution in [0.5, 0.6) is 0 Å². The third-order valence-corrected chi connectivity index (χ3v) is 4.37. The molecule has 21 heavy (non-hydrogen) atoms. The maximum absolute atomic E-state index is 5.10. The molecule has 2 aromatic carbocycles. The molecular weight excluding hydrogens is 275 g/mol. The summed E-state index contributed by atoms with van der Waals surface area (Å²) in [5.74, 6) is 0.483. The van der Waals surface area contributed by atoms with E-state index in [0.29, 0.717) is 5.92 Å². The van der Waals surface area contributed by atoms with E-state index in [2.05, 4.69) is 71.8 Å². The quantitative estimate of drug-likeness (QED) is 0.490. The van der Waals surface area contributed by atoms with Crippen molar-refractivity contribution >= 4 is 9.47 Å². The molecule has 0 saturated carbocycles. The summed E-state index contributed by atoms with van der Waals surface area (Å²) in [6.07, 6.45) is 3.46. The molecule has 0 bridgehead atoms. The second-order valence-electron chi connectivity index (χ2n) is 5.63. The number of hydrogen-bond acceptors (Lipinski definition) is 1. The highest BCUT2D eigenvalue weighted by Gasteiger charge is 2.17. The maximum atomic E-state index is 5.10. The molecule has 0 radical (unpaired) electrons. The minimum atomic E-state index is 0.483. The molecule has 0 amide bonds. The van der Waals surface area contributed by atoms with Crippen LogP contribution < -0.4 is 0 Å². The standard InChI is InChI=1S/C19H25OP/c1-15-9-3-5-11-17(15)19(13-7-8-14-20-21)18-12-6-4-10-16(18)2/h3-6,9-12,19H,7-8,13-14,21H2,1-2H3. The zero-order valence-corrected chi connectivity index (χ0v) is 14.2. The van der Waals surface area contributed by atoms with E-state index in [1.165, 1.54) is 35.1 Å². The zero-order chi connectivity index (χ0) is 15.1. The minimum absolute atomic E-state index is 0.483. The number of unbranched alkanes of at least 4 members (excludes halogenated alkanes) is 1. The Hall–Kier alpha value is -1.17. The second kappa shape index (κ2) is 8.32. The van der Waals surface area contributed by atoms with Gasteiger partial charge in [-0.2, -0.15) is 0 Å². The lowest BCUT2D eigenvalue weighted by Gasteiger charge is -2.22. The molecule has 1 atom stereocenters. The molecule has 0 N–H and O–H groups in total. The molecule has 2 aromatic rings. The SMILES string of the molecule is Cc1ccccc1C(CCCCOP)c1ccccc1C. The van der Waals surface area contributed by atoms with E-state index >= 15 is 0 Å². The first-order chi connectivity index (χ1) is 10.2. The molecule has 0 aliphatic heterocycles. The Morgan fingerprint density at radius 2 is 1.38 bits per heavy atom. The van der Waals surface area contributed by atoms with Gasteiger partial charge in [0.15, 0.2) is 0 Å². The van der Waals surface area contributed by atoms with E-state index in [1.807, 2.05) is 0 Å². The van der Waals surface area contributed by atoms with Crippen molar-refractivity contribution in [2.45, 2.75) is 39.0 Å². The van der Waals surface area contributed by atoms with Gasteiger partial charge in [0.25, 0.3) is 0 Å². The molecule has 2 rings (SSSR count). The van der Waals surface area contributed by atoms with E-state index in [-0.39, 0.29) is 0 Å². The topological polar surface area (TPSA) is 9.23 Å². The summed E-state index contributed by atoms with van der Waals surface area (Å²) in [6.45, 7) is 5.25. The molecule has 112 valence electrons. The van der Waals surface area contributed by atoms with Crippen LogP contribution in [0.1, 0.15) is 47.4 Å². The van der Waals surface area contributed by atoms with Crippen LogP contribution in [0.3, 0.4) is 0 Å². The van der Waals surface area contributed by atoms with Crippen LogP contribution in [0, 0.1) is 13.8 Å². The number of rotatable bonds is 7. The van der Waals surface area contributed by atoms with E-state index in [9.17, 15) is 0 Å². The average Bonchev–Trinajstić information content (AvgIpc) is 2.50. The lowest BCUT2D eigenvalue weighted by molar-refractivity contribution is 0.352. The molecule has 0 fully saturated rings. The van der Waals surface area contributed by atoms with Gasteiger partial charge in [0.1, 0.15) is 0 Å². The van der Waals surface area contributed by atoms with E-state index in [1.54, 1.807) is 0 Å². The Kier molecular flexibility index (Phi) is 6.42. The lowest BCUT2D eigenvalue weighted by atomic mass is 9.83. The molecular formula is C19H25OP. The van der Waals surface area contributed by atoms with Gasteiger partial charge in [-0.25, -0.2) is 0 Å². The van der Waals surface area contributed by atoms with Gasteiger partial charge in [0.05, 0.1) is 6.61 Å². The van der Waals surface area contributed by atoms with Gasteiger partial charge >= 0.3 is 0 Å². The molecule has 0 spiro atoms. The maximum Gasteiger partial charge on any atom is 0.0501 e. The van der Waals surface area contributed by atoms with Gasteiger partial charge in [-0.15, -0.1) is 0 Å². The van der Waals surface area contributed by atoms with Gasteiger partial charge < -0.3 is 4.52 Å². The predicted molar refractivity (Wildman–Crippen MR) is 93.7 cm³/mol. The fraction of sp³-hybridized carbons (Fsp3) is 0.368. The smallest absolute Gasteiger partial charge is 0.0501 e. The highest BCUT2D eigenvalue weighted by atomic mass is 31.0. The minimum Gasteiger partial charge on any atom is -0.366 e. The average molecular weight is 300 g/mol. The van der Waals surface area contributed by atoms with Gasteiger partial charge in [-0.05, 0) is 48.9 Å². The molecule has 0 aliphatic carbocycles. The van der Waals surface area contributed by atoms with Crippen molar-refractivity contribution in [2.24, 2.45) is 0 Å². The molecule has 0 saturated heterocycles. The van der Waals surface area contributed by atoms with Crippen molar-refractivity contribution < 1.29 is 4.52 Å². The zero-order valence-electron chi connectivity index (χ0n) is 13.0. The molecule has 1 nitrogen and oxygen atoms in total. The van der Waals surface area contributed by atoms with Gasteiger partial charge in [0.2, 0.25) is 0 Å². The third-order valence-electron chi connectivity index (χ3n) is 4.13. The Balaban J connectivity index is 2.27. The summed E-state index contributed by atoms with van der Waals surface area (Å²) < 4.78 is 5.10. The van der Waals surface area contributed by atoms with Crippen LogP contribution in [0.25, 0.3) is 0 Å². The summed E-state index contributed by atoms with van der Waals surface area (Å²) in [7, 11) is 2.33. The van der Waals surface area contributed by atoms with Gasteiger partial charge in [-0.1, -0.05) is 55.0 Å². The van der Waals surface area contributed by atoms with Gasteiger partial charge in [0, 0.05) is 15.4 Å². The van der Waals surface area contributed by atoms with Crippen molar-refractivity contribution in [3.05, 3.63) is 70.8 Å². The molecule has 0 heterocycles. The molecule has 2 heteroatoms. The van der Waals surface area contributed by atoms with Crippen molar-refractivity contribution in [3.63, 3.8) is 0 Å². The molecule has 0 aromatic heterocycles. The summed E-state index contributed by atoms with van der Waals surface area (Å²) in [5, 5.41) is 0. The summed E-state index contributed by atoms with van der Waals surface area (Å²) >= 11 is 0. The number of aryl methyl sites for hydroxylation is 2. The van der Waals surface area contributed by atoms with E-state index in [4.69, 9.17) is 4.52 Å². The number of benzene rings is 2. The Bertz CT molecular complexity index is 519. The van der Waals surface area contributed by atoms with Crippen LogP contribution in [-0.2, 0) is 4.52 Å². The highest BCUT2D eigenvalue weighted by Crippen LogP contribution is 2.33. The first-order valence-corrected chi connectivity index (χ1v) is 8.14. The molecule has 0 aliphatic rings. The largest absolute Gasteiger partial charge is 0.366 e. The first kappa shape index (κ1) is 16.2. The van der Waals surface area contributed by atoms with Crippen LogP contribution in [0.15, 0.2) is 48.5 Å². The first-order valence-electron chi connectivity index (χ1n) is 7.66. The normalized spacial score (nSPS) is 11.0.